The van der Waals surface area contributed by atoms with Crippen LogP contribution in [0.15, 0.2) is 0 Å². The Kier molecular flexibility index (Phi) is 2.40. The van der Waals surface area contributed by atoms with Crippen LogP contribution in [0.5, 0.6) is 0 Å². The average molecular weight is 228 g/mol. The van der Waals surface area contributed by atoms with Gasteiger partial charge in [-0.15, -0.1) is 0 Å². The molecule has 0 saturated carbocycles. The van der Waals surface area contributed by atoms with Crippen molar-refractivity contribution < 1.29 is 12.5 Å². The molecule has 1 aliphatic rings. The quantitative estimate of drug-likeness (QED) is 0.409. The summed E-state index contributed by atoms with van der Waals surface area (Å²) in [6, 6.07) is 0. The lowest BCUT2D eigenvalue weighted by molar-refractivity contribution is 0.233. The van der Waals surface area contributed by atoms with Crippen LogP contribution in [-0.2, 0) is 12.5 Å². The first kappa shape index (κ1) is 10.9. The maximum atomic E-state index is 5.61. The van der Waals surface area contributed by atoms with E-state index in [2.05, 4.69) is 6.92 Å². The van der Waals surface area contributed by atoms with Crippen molar-refractivity contribution in [3.8, 4) is 0 Å². The molecule has 0 bridgehead atoms. The molecule has 6 heteroatoms. The van der Waals surface area contributed by atoms with Crippen LogP contribution in [0.3, 0.4) is 0 Å². The molecule has 0 aromatic heterocycles. The van der Waals surface area contributed by atoms with Crippen LogP contribution in [0.1, 0.15) is 13.3 Å². The Balaban J connectivity index is 2.98. The SMILES string of the molecule is CCCS1(OC)(OC)(OC)[Si]S1. The zero-order valence-corrected chi connectivity index (χ0v) is 10.6. The Labute approximate surface area is 78.9 Å². The maximum Gasteiger partial charge on any atom is 0.278 e. The summed E-state index contributed by atoms with van der Waals surface area (Å²) in [5.41, 5.74) is 0. The minimum absolute atomic E-state index is 0.610. The van der Waals surface area contributed by atoms with Gasteiger partial charge in [-0.1, -0.05) is 17.2 Å². The molecule has 1 saturated heterocycles. The van der Waals surface area contributed by atoms with E-state index in [1.54, 1.807) is 31.6 Å². The van der Waals surface area contributed by atoms with Crippen LogP contribution in [0, 0.1) is 0 Å². The number of hydrogen-bond acceptors (Lipinski definition) is 4. The van der Waals surface area contributed by atoms with Gasteiger partial charge in [0.25, 0.3) is 7.82 Å². The predicted octanol–water partition coefficient (Wildman–Crippen LogP) is 2.15. The zero-order chi connectivity index (χ0) is 9.36. The number of rotatable bonds is 5. The van der Waals surface area contributed by atoms with E-state index in [0.717, 1.165) is 12.2 Å². The minimum Gasteiger partial charge on any atom is -0.313 e. The van der Waals surface area contributed by atoms with Gasteiger partial charge in [-0.3, -0.25) is 0 Å². The van der Waals surface area contributed by atoms with Gasteiger partial charge >= 0.3 is 0 Å². The first-order valence-electron chi connectivity index (χ1n) is 3.80. The molecule has 0 aliphatic carbocycles. The Morgan fingerprint density at radius 3 is 1.67 bits per heavy atom. The van der Waals surface area contributed by atoms with Crippen molar-refractivity contribution in [1.29, 1.82) is 0 Å². The summed E-state index contributed by atoms with van der Waals surface area (Å²) < 4.78 is 16.8. The molecule has 0 unspecified atom stereocenters. The topological polar surface area (TPSA) is 27.7 Å². The third-order valence-corrected chi connectivity index (χ3v) is 20.3. The fourth-order valence-electron chi connectivity index (χ4n) is 1.24. The molecule has 12 heavy (non-hydrogen) atoms. The predicted molar refractivity (Wildman–Crippen MR) is 57.1 cm³/mol. The van der Waals surface area contributed by atoms with Crippen molar-refractivity contribution in [3.63, 3.8) is 0 Å². The van der Waals surface area contributed by atoms with E-state index in [0.29, 0.717) is 7.82 Å². The highest BCUT2D eigenvalue weighted by molar-refractivity contribution is 9.42. The molecule has 2 radical (unpaired) electrons. The molecule has 0 aromatic rings. The fraction of sp³-hybridized carbons (Fsp3) is 1.00. The standard InChI is InChI=1S/C6H16O3S2Si/c1-5-6-11(7-2,8-3,9-4)10-12-11/h5-6H2,1-4H3. The molecule has 1 rings (SSSR count). The summed E-state index contributed by atoms with van der Waals surface area (Å²) in [7, 11) is 4.47. The Morgan fingerprint density at radius 1 is 1.17 bits per heavy atom. The normalized spacial score (nSPS) is 34.0. The van der Waals surface area contributed by atoms with Gasteiger partial charge in [0, 0.05) is 5.75 Å². The molecule has 1 heterocycles. The highest BCUT2D eigenvalue weighted by Gasteiger charge is 2.75. The van der Waals surface area contributed by atoms with Crippen LogP contribution in [0.2, 0.25) is 0 Å². The van der Waals surface area contributed by atoms with Gasteiger partial charge in [0.05, 0.1) is 21.3 Å². The van der Waals surface area contributed by atoms with Crippen molar-refractivity contribution in [2.75, 3.05) is 27.1 Å². The summed E-state index contributed by atoms with van der Waals surface area (Å²) in [6.07, 6.45) is 1.02. The Hall–Kier alpha value is 0.797. The van der Waals surface area contributed by atoms with E-state index in [-0.39, 0.29) is 0 Å². The summed E-state index contributed by atoms with van der Waals surface area (Å²) in [4.78, 5) is 0. The summed E-state index contributed by atoms with van der Waals surface area (Å²) in [5.74, 6) is 0.882. The van der Waals surface area contributed by atoms with Crippen LogP contribution >= 0.6 is 17.9 Å². The summed E-state index contributed by atoms with van der Waals surface area (Å²) in [6.45, 7) is 2.12. The lowest BCUT2D eigenvalue weighted by Gasteiger charge is -2.60. The van der Waals surface area contributed by atoms with Gasteiger partial charge < -0.3 is 12.5 Å². The molecular weight excluding hydrogens is 212 g/mol. The third kappa shape index (κ3) is 1.09. The van der Waals surface area contributed by atoms with E-state index in [9.17, 15) is 0 Å². The van der Waals surface area contributed by atoms with E-state index in [1.165, 1.54) is 0 Å². The lowest BCUT2D eigenvalue weighted by Crippen LogP contribution is -2.30. The Morgan fingerprint density at radius 2 is 1.58 bits per heavy atom. The first-order valence-corrected chi connectivity index (χ1v) is 9.97. The first-order chi connectivity index (χ1) is 5.56. The molecule has 0 atom stereocenters. The zero-order valence-electron chi connectivity index (χ0n) is 7.96. The smallest absolute Gasteiger partial charge is 0.278 e. The van der Waals surface area contributed by atoms with Crippen molar-refractivity contribution >= 4 is 25.7 Å². The third-order valence-electron chi connectivity index (χ3n) is 2.26. The van der Waals surface area contributed by atoms with E-state index >= 15 is 0 Å². The van der Waals surface area contributed by atoms with Gasteiger partial charge in [0.15, 0.2) is 0 Å². The minimum atomic E-state index is -2.93. The monoisotopic (exact) mass is 228 g/mol. The average Bonchev–Trinajstić information content (AvgIpc) is 2.83. The maximum absolute atomic E-state index is 5.61. The van der Waals surface area contributed by atoms with Gasteiger partial charge in [-0.05, 0) is 14.0 Å². The lowest BCUT2D eigenvalue weighted by atomic mass is 10.6. The molecule has 0 aromatic carbocycles. The van der Waals surface area contributed by atoms with E-state index in [1.807, 2.05) is 0 Å². The summed E-state index contributed by atoms with van der Waals surface area (Å²) in [5, 5.41) is 0. The second-order valence-electron chi connectivity index (χ2n) is 2.73. The van der Waals surface area contributed by atoms with E-state index in [4.69, 9.17) is 12.5 Å². The van der Waals surface area contributed by atoms with Crippen LogP contribution in [0.4, 0.5) is 0 Å². The molecule has 0 amide bonds. The van der Waals surface area contributed by atoms with Gasteiger partial charge in [-0.2, -0.15) is 0 Å². The molecule has 74 valence electrons. The molecule has 1 aliphatic heterocycles. The number of hydrogen-bond donors (Lipinski definition) is 0. The van der Waals surface area contributed by atoms with Crippen LogP contribution in [0.25, 0.3) is 0 Å². The van der Waals surface area contributed by atoms with Crippen LogP contribution < -0.4 is 0 Å². The molecule has 1 fully saturated rings. The second-order valence-corrected chi connectivity index (χ2v) is 17.5. The fourth-order valence-corrected chi connectivity index (χ4v) is 16.9. The largest absolute Gasteiger partial charge is 0.313 e. The van der Waals surface area contributed by atoms with Crippen molar-refractivity contribution in [2.24, 2.45) is 0 Å². The summed E-state index contributed by atoms with van der Waals surface area (Å²) >= 11 is 0. The highest BCUT2D eigenvalue weighted by atomic mass is 33.5. The van der Waals surface area contributed by atoms with Gasteiger partial charge in [0.1, 0.15) is 0 Å². The van der Waals surface area contributed by atoms with Crippen molar-refractivity contribution in [1.82, 2.24) is 0 Å². The molecule has 3 nitrogen and oxygen atoms in total. The van der Waals surface area contributed by atoms with Crippen molar-refractivity contribution in [3.05, 3.63) is 0 Å². The molecular formula is C6H16O3S2Si. The Bertz CT molecular complexity index is 183. The van der Waals surface area contributed by atoms with Gasteiger partial charge in [-0.25, -0.2) is 0 Å². The second kappa shape index (κ2) is 2.65. The van der Waals surface area contributed by atoms with Crippen molar-refractivity contribution in [2.45, 2.75) is 13.3 Å². The highest BCUT2D eigenvalue weighted by Crippen LogP contribution is 3.10. The molecule has 0 N–H and O–H groups in total. The van der Waals surface area contributed by atoms with Gasteiger partial charge in [0.2, 0.25) is 0 Å². The van der Waals surface area contributed by atoms with E-state index < -0.39 is 7.62 Å². The van der Waals surface area contributed by atoms with Crippen LogP contribution in [-0.4, -0.2) is 34.9 Å². The molecule has 0 spiro atoms.